The van der Waals surface area contributed by atoms with Gasteiger partial charge in [-0.1, -0.05) is 29.5 Å². The molecule has 8 rings (SSSR count). The largest absolute Gasteiger partial charge is 0.488 e. The van der Waals surface area contributed by atoms with Crippen molar-refractivity contribution in [3.05, 3.63) is 34.4 Å². The van der Waals surface area contributed by atoms with E-state index in [9.17, 15) is 23.2 Å². The maximum Gasteiger partial charge on any atom is 0.412 e. The Morgan fingerprint density at radius 2 is 2.00 bits per heavy atom. The number of ether oxygens (including phenoxy) is 3. The van der Waals surface area contributed by atoms with Gasteiger partial charge in [0.2, 0.25) is 0 Å². The number of benzene rings is 2. The average Bonchev–Trinajstić information content (AvgIpc) is 3.69. The highest BCUT2D eigenvalue weighted by Gasteiger charge is 2.49. The molecule has 4 aromatic rings. The van der Waals surface area contributed by atoms with Crippen LogP contribution in [0.4, 0.5) is 37.6 Å². The van der Waals surface area contributed by atoms with Crippen LogP contribution in [0.1, 0.15) is 58.4 Å². The molecule has 3 atom stereocenters. The van der Waals surface area contributed by atoms with Gasteiger partial charge in [0.25, 0.3) is 6.43 Å². The number of anilines is 2. The summed E-state index contributed by atoms with van der Waals surface area (Å²) in [5, 5.41) is 12.3. The van der Waals surface area contributed by atoms with Crippen LogP contribution in [0.3, 0.4) is 0 Å². The maximum atomic E-state index is 17.5. The normalized spacial score (nSPS) is 22.1. The number of hydrogen-bond donors (Lipinski definition) is 1. The van der Waals surface area contributed by atoms with E-state index >= 15 is 8.78 Å². The van der Waals surface area contributed by atoms with E-state index in [1.165, 1.54) is 11.0 Å². The fraction of sp³-hybridized carbons (Fsp3) is 0.487. The van der Waals surface area contributed by atoms with Gasteiger partial charge in [0.1, 0.15) is 59.3 Å². The van der Waals surface area contributed by atoms with E-state index in [1.807, 2.05) is 11.0 Å². The number of aromatic nitrogens is 2. The Morgan fingerprint density at radius 3 is 2.71 bits per heavy atom. The first kappa shape index (κ1) is 38.2. The van der Waals surface area contributed by atoms with Crippen LogP contribution in [-0.2, 0) is 4.74 Å². The van der Waals surface area contributed by atoms with Gasteiger partial charge < -0.3 is 19.1 Å². The summed E-state index contributed by atoms with van der Waals surface area (Å²) in [6.07, 6.45) is -1.35. The summed E-state index contributed by atoms with van der Waals surface area (Å²) in [6, 6.07) is 3.02. The monoisotopic (exact) mass is 814 g/mol. The topological polar surface area (TPSA) is 113 Å². The molecule has 17 heteroatoms. The fourth-order valence-corrected chi connectivity index (χ4v) is 9.22. The third kappa shape index (κ3) is 7.01. The van der Waals surface area contributed by atoms with Gasteiger partial charge in [-0.15, -0.1) is 11.3 Å². The summed E-state index contributed by atoms with van der Waals surface area (Å²) in [4.78, 5) is 25.0. The van der Waals surface area contributed by atoms with Gasteiger partial charge in [0.15, 0.2) is 11.6 Å². The summed E-state index contributed by atoms with van der Waals surface area (Å²) in [6.45, 7) is 4.75. The molecule has 2 aromatic heterocycles. The van der Waals surface area contributed by atoms with Gasteiger partial charge in [-0.25, -0.2) is 26.7 Å². The first-order valence-corrected chi connectivity index (χ1v) is 19.4. The molecule has 0 radical (unpaired) electrons. The number of nitrogens with one attached hydrogen (secondary N) is 1. The lowest BCUT2D eigenvalue weighted by Gasteiger charge is -2.31. The van der Waals surface area contributed by atoms with E-state index in [2.05, 4.69) is 27.1 Å². The number of nitrogens with zero attached hydrogens (tertiary/aromatic N) is 5. The van der Waals surface area contributed by atoms with Gasteiger partial charge in [-0.05, 0) is 64.6 Å². The van der Waals surface area contributed by atoms with Crippen molar-refractivity contribution < 1.29 is 41.0 Å². The number of halogens is 6. The molecule has 2 saturated heterocycles. The van der Waals surface area contributed by atoms with Crippen LogP contribution in [0.2, 0.25) is 5.02 Å². The van der Waals surface area contributed by atoms with Gasteiger partial charge >= 0.3 is 12.1 Å². The summed E-state index contributed by atoms with van der Waals surface area (Å²) in [5.41, 5.74) is -2.46. The molecule has 1 aliphatic carbocycles. The van der Waals surface area contributed by atoms with Crippen LogP contribution in [-0.4, -0.2) is 83.6 Å². The van der Waals surface area contributed by atoms with E-state index in [0.29, 0.717) is 13.0 Å². The van der Waals surface area contributed by atoms with E-state index in [-0.39, 0.29) is 91.9 Å². The molecule has 5 heterocycles. The molecule has 294 valence electrons. The number of nitriles is 1. The molecule has 0 spiro atoms. The zero-order valence-electron chi connectivity index (χ0n) is 30.6. The van der Waals surface area contributed by atoms with E-state index in [0.717, 1.165) is 36.7 Å². The molecule has 3 aliphatic heterocycles. The van der Waals surface area contributed by atoms with Crippen LogP contribution in [0.25, 0.3) is 32.1 Å². The van der Waals surface area contributed by atoms with Crippen molar-refractivity contribution in [3.63, 3.8) is 0 Å². The molecular weight excluding hydrogens is 779 g/mol. The SMILES string of the molecule is CC(C)(C)OC(=O)Nc1sc2c(F)ccc(-c3c(Cl)c4c5c(nc(OC[C@@]67CCCN6C[C@H](F)C7)nc5c3F)N(CC(F)F)C(C#CC3CC3)CO4)c2c1C#N. The van der Waals surface area contributed by atoms with E-state index < -0.39 is 59.6 Å². The first-order valence-electron chi connectivity index (χ1n) is 18.2. The molecule has 1 unspecified atom stereocenters. The maximum absolute atomic E-state index is 17.5. The second-order valence-corrected chi connectivity index (χ2v) is 16.9. The minimum absolute atomic E-state index is 0.0301. The number of carbonyl (C=O) groups excluding carboxylic acids is 1. The molecule has 1 saturated carbocycles. The molecule has 1 amide bonds. The minimum atomic E-state index is -2.86. The summed E-state index contributed by atoms with van der Waals surface area (Å²) in [5.74, 6) is 4.19. The Balaban J connectivity index is 1.32. The number of rotatable bonds is 7. The molecule has 2 aromatic carbocycles. The van der Waals surface area contributed by atoms with Crippen LogP contribution < -0.4 is 19.7 Å². The minimum Gasteiger partial charge on any atom is -0.488 e. The van der Waals surface area contributed by atoms with Gasteiger partial charge in [0.05, 0.1) is 32.8 Å². The molecule has 10 nitrogen and oxygen atoms in total. The number of hydrogen-bond acceptors (Lipinski definition) is 10. The Bertz CT molecular complexity index is 2370. The summed E-state index contributed by atoms with van der Waals surface area (Å²) >= 11 is 7.80. The fourth-order valence-electron chi connectivity index (χ4n) is 7.82. The van der Waals surface area contributed by atoms with Gasteiger partial charge in [-0.2, -0.15) is 15.2 Å². The summed E-state index contributed by atoms with van der Waals surface area (Å²) < 4.78 is 94.0. The predicted octanol–water partition coefficient (Wildman–Crippen LogP) is 8.86. The van der Waals surface area contributed by atoms with Gasteiger partial charge in [0, 0.05) is 29.8 Å². The average molecular weight is 815 g/mol. The number of amides is 1. The van der Waals surface area contributed by atoms with Crippen LogP contribution in [0.15, 0.2) is 12.1 Å². The van der Waals surface area contributed by atoms with E-state index in [4.69, 9.17) is 25.8 Å². The van der Waals surface area contributed by atoms with Crippen molar-refractivity contribution in [1.82, 2.24) is 14.9 Å². The molecule has 56 heavy (non-hydrogen) atoms. The van der Waals surface area contributed by atoms with Crippen molar-refractivity contribution in [3.8, 4) is 40.8 Å². The van der Waals surface area contributed by atoms with Crippen LogP contribution in [0.5, 0.6) is 11.8 Å². The first-order chi connectivity index (χ1) is 26.7. The van der Waals surface area contributed by atoms with Crippen molar-refractivity contribution in [2.45, 2.75) is 82.7 Å². The number of thiophene rings is 1. The Hall–Kier alpha value is -4.64. The van der Waals surface area contributed by atoms with Crippen molar-refractivity contribution >= 4 is 60.8 Å². The molecule has 1 N–H and O–H groups in total. The van der Waals surface area contributed by atoms with E-state index in [1.54, 1.807) is 20.8 Å². The predicted molar refractivity (Wildman–Crippen MR) is 202 cm³/mol. The highest BCUT2D eigenvalue weighted by molar-refractivity contribution is 7.23. The van der Waals surface area contributed by atoms with Crippen LogP contribution >= 0.6 is 22.9 Å². The number of carbonyl (C=O) groups is 1. The summed E-state index contributed by atoms with van der Waals surface area (Å²) in [7, 11) is 0. The smallest absolute Gasteiger partial charge is 0.412 e. The highest BCUT2D eigenvalue weighted by atomic mass is 35.5. The molecule has 0 bridgehead atoms. The lowest BCUT2D eigenvalue weighted by atomic mass is 9.95. The Labute approximate surface area is 327 Å². The quantitative estimate of drug-likeness (QED) is 0.145. The number of alkyl halides is 3. The third-order valence-electron chi connectivity index (χ3n) is 10.4. The molecular formula is C39H36ClF5N6O4S. The molecule has 4 aliphatic rings. The van der Waals surface area contributed by atoms with Crippen LogP contribution in [0, 0.1) is 40.7 Å². The van der Waals surface area contributed by atoms with Crippen molar-refractivity contribution in [1.29, 1.82) is 5.26 Å². The van der Waals surface area contributed by atoms with Crippen molar-refractivity contribution in [2.24, 2.45) is 5.92 Å². The van der Waals surface area contributed by atoms with Crippen molar-refractivity contribution in [2.75, 3.05) is 43.1 Å². The second kappa shape index (κ2) is 14.4. The zero-order valence-corrected chi connectivity index (χ0v) is 32.2. The standard InChI is InChI=1S/C39H36ClF5N6O4S/c1-38(2,3)55-37(52)49-35-23(14-46)26-22(9-10-24(42)33(26)56-35)27-29(40)32-28-31(30(27)45)47-36(54-18-39-11-4-12-50(39)15-20(41)13-39)48-34(28)51(16-25(43)44)21(17-53-32)8-7-19-5-6-19/h9-10,19-21,25H,4-6,11-13,15-18H2,1-3H3,(H,49,52)/t20-,21?,39+/m1/s1. The second-order valence-electron chi connectivity index (χ2n) is 15.5. The lowest BCUT2D eigenvalue weighted by molar-refractivity contribution is 0.0636. The number of fused-ring (bicyclic) bond motifs is 2. The molecule has 3 fully saturated rings. The third-order valence-corrected chi connectivity index (χ3v) is 11.8. The lowest BCUT2D eigenvalue weighted by Crippen LogP contribution is -2.43. The Kier molecular flexibility index (Phi) is 9.82. The highest BCUT2D eigenvalue weighted by Crippen LogP contribution is 2.51. The van der Waals surface area contributed by atoms with Gasteiger partial charge in [-0.3, -0.25) is 10.2 Å². The Morgan fingerprint density at radius 1 is 1.21 bits per heavy atom. The zero-order chi connectivity index (χ0) is 39.7.